The Labute approximate surface area is 154 Å². The van der Waals surface area contributed by atoms with E-state index in [4.69, 9.17) is 4.74 Å². The molecule has 2 aromatic rings. The summed E-state index contributed by atoms with van der Waals surface area (Å²) in [5, 5.41) is 0. The second-order valence-corrected chi connectivity index (χ2v) is 7.18. The fourth-order valence-corrected chi connectivity index (χ4v) is 3.76. The molecule has 0 heterocycles. The Bertz CT molecular complexity index is 827. The van der Waals surface area contributed by atoms with Crippen molar-refractivity contribution in [2.45, 2.75) is 46.1 Å². The fourth-order valence-electron chi connectivity index (χ4n) is 3.76. The summed E-state index contributed by atoms with van der Waals surface area (Å²) in [6, 6.07) is 13.3. The van der Waals surface area contributed by atoms with Gasteiger partial charge in [0.05, 0.1) is 5.56 Å². The maximum absolute atomic E-state index is 12.8. The Morgan fingerprint density at radius 3 is 2.54 bits per heavy atom. The van der Waals surface area contributed by atoms with Gasteiger partial charge in [-0.05, 0) is 56.0 Å². The van der Waals surface area contributed by atoms with Gasteiger partial charge in [-0.25, -0.2) is 0 Å². The molecule has 1 aliphatic carbocycles. The number of ketones is 1. The van der Waals surface area contributed by atoms with E-state index >= 15 is 0 Å². The molecule has 3 rings (SSSR count). The number of carbonyl (C=O) groups excluding carboxylic acids is 2. The van der Waals surface area contributed by atoms with Crippen LogP contribution >= 0.6 is 0 Å². The van der Waals surface area contributed by atoms with Gasteiger partial charge in [-0.1, -0.05) is 31.2 Å². The number of amides is 1. The number of Topliss-reactive ketones (excluding diaryl/α,β-unsaturated/α-hetero) is 1. The van der Waals surface area contributed by atoms with Gasteiger partial charge < -0.3 is 9.64 Å². The van der Waals surface area contributed by atoms with Crippen LogP contribution in [0.3, 0.4) is 0 Å². The molecule has 26 heavy (non-hydrogen) atoms. The van der Waals surface area contributed by atoms with E-state index in [-0.39, 0.29) is 30.3 Å². The maximum atomic E-state index is 12.8. The third-order valence-electron chi connectivity index (χ3n) is 4.86. The van der Waals surface area contributed by atoms with Crippen LogP contribution in [0.5, 0.6) is 5.75 Å². The first-order valence-corrected chi connectivity index (χ1v) is 9.06. The molecule has 0 spiro atoms. The third-order valence-corrected chi connectivity index (χ3v) is 4.86. The molecule has 0 saturated carbocycles. The lowest BCUT2D eigenvalue weighted by atomic mass is 9.97. The average molecular weight is 351 g/mol. The van der Waals surface area contributed by atoms with Crippen LogP contribution in [0.15, 0.2) is 42.5 Å². The lowest BCUT2D eigenvalue weighted by molar-refractivity contribution is -0.120. The number of carbonyl (C=O) groups is 2. The standard InChI is InChI=1S/C22H25NO3/c1-14(2)23(17-8-6-5-7-9-17)20(25)13-26-19-11-10-15(3)21-16(4)12-18(24)22(19)21/h5-11,14,16H,12-13H2,1-4H3/t16-/m1/s1. The largest absolute Gasteiger partial charge is 0.483 e. The van der Waals surface area contributed by atoms with Crippen molar-refractivity contribution in [1.29, 1.82) is 0 Å². The van der Waals surface area contributed by atoms with E-state index < -0.39 is 0 Å². The smallest absolute Gasteiger partial charge is 0.265 e. The molecule has 0 saturated heterocycles. The molecule has 0 bridgehead atoms. The highest BCUT2D eigenvalue weighted by molar-refractivity contribution is 6.04. The number of rotatable bonds is 5. The van der Waals surface area contributed by atoms with Crippen molar-refractivity contribution in [3.05, 3.63) is 59.2 Å². The van der Waals surface area contributed by atoms with Gasteiger partial charge in [0.25, 0.3) is 5.91 Å². The van der Waals surface area contributed by atoms with Crippen molar-refractivity contribution in [2.75, 3.05) is 11.5 Å². The first-order chi connectivity index (χ1) is 12.4. The number of hydrogen-bond donors (Lipinski definition) is 0. The average Bonchev–Trinajstić information content (AvgIpc) is 2.91. The molecule has 0 aliphatic heterocycles. The summed E-state index contributed by atoms with van der Waals surface area (Å²) in [4.78, 5) is 26.9. The minimum absolute atomic E-state index is 0.0129. The summed E-state index contributed by atoms with van der Waals surface area (Å²) >= 11 is 0. The zero-order valence-electron chi connectivity index (χ0n) is 15.8. The molecule has 1 amide bonds. The molecule has 4 nitrogen and oxygen atoms in total. The Balaban J connectivity index is 1.81. The van der Waals surface area contributed by atoms with E-state index in [2.05, 4.69) is 6.92 Å². The minimum atomic E-state index is -0.126. The quantitative estimate of drug-likeness (QED) is 0.796. The van der Waals surface area contributed by atoms with Crippen molar-refractivity contribution in [3.63, 3.8) is 0 Å². The molecule has 0 fully saturated rings. The third kappa shape index (κ3) is 3.36. The number of nitrogens with zero attached hydrogens (tertiary/aromatic N) is 1. The van der Waals surface area contributed by atoms with Gasteiger partial charge in [-0.2, -0.15) is 0 Å². The Morgan fingerprint density at radius 1 is 1.19 bits per heavy atom. The van der Waals surface area contributed by atoms with Gasteiger partial charge in [0.15, 0.2) is 12.4 Å². The zero-order chi connectivity index (χ0) is 18.8. The fraction of sp³-hybridized carbons (Fsp3) is 0.364. The summed E-state index contributed by atoms with van der Waals surface area (Å²) < 4.78 is 5.82. The van der Waals surface area contributed by atoms with Gasteiger partial charge in [-0.15, -0.1) is 0 Å². The summed E-state index contributed by atoms with van der Waals surface area (Å²) in [6.45, 7) is 7.92. The van der Waals surface area contributed by atoms with Crippen LogP contribution in [0.4, 0.5) is 5.69 Å². The van der Waals surface area contributed by atoms with Crippen molar-refractivity contribution < 1.29 is 14.3 Å². The van der Waals surface area contributed by atoms with Crippen LogP contribution in [0.2, 0.25) is 0 Å². The molecule has 0 N–H and O–H groups in total. The first-order valence-electron chi connectivity index (χ1n) is 9.06. The Kier molecular flexibility index (Phi) is 5.12. The number of ether oxygens (including phenoxy) is 1. The van der Waals surface area contributed by atoms with Gasteiger partial charge in [0.2, 0.25) is 0 Å². The summed E-state index contributed by atoms with van der Waals surface area (Å²) in [5.74, 6) is 0.694. The van der Waals surface area contributed by atoms with Crippen molar-refractivity contribution in [3.8, 4) is 5.75 Å². The molecule has 4 heteroatoms. The Hall–Kier alpha value is -2.62. The van der Waals surface area contributed by atoms with Crippen LogP contribution in [-0.2, 0) is 4.79 Å². The summed E-state index contributed by atoms with van der Waals surface area (Å²) in [6.07, 6.45) is 0.507. The van der Waals surface area contributed by atoms with E-state index in [0.717, 1.165) is 16.8 Å². The highest BCUT2D eigenvalue weighted by Crippen LogP contribution is 2.40. The number of para-hydroxylation sites is 1. The Morgan fingerprint density at radius 2 is 1.88 bits per heavy atom. The molecule has 136 valence electrons. The van der Waals surface area contributed by atoms with Crippen molar-refractivity contribution in [1.82, 2.24) is 0 Å². The normalized spacial score (nSPS) is 15.9. The number of benzene rings is 2. The van der Waals surface area contributed by atoms with Gasteiger partial charge in [0.1, 0.15) is 5.75 Å². The predicted molar refractivity (Wildman–Crippen MR) is 103 cm³/mol. The van der Waals surface area contributed by atoms with Crippen LogP contribution in [0.25, 0.3) is 0 Å². The van der Waals surface area contributed by atoms with Gasteiger partial charge in [-0.3, -0.25) is 9.59 Å². The second kappa shape index (κ2) is 7.32. The lowest BCUT2D eigenvalue weighted by Gasteiger charge is -2.27. The van der Waals surface area contributed by atoms with E-state index in [9.17, 15) is 9.59 Å². The van der Waals surface area contributed by atoms with Crippen LogP contribution in [0.1, 0.15) is 54.6 Å². The molecule has 0 unspecified atom stereocenters. The van der Waals surface area contributed by atoms with Gasteiger partial charge in [0, 0.05) is 18.2 Å². The first kappa shape index (κ1) is 18.2. The predicted octanol–water partition coefficient (Wildman–Crippen LogP) is 4.51. The highest BCUT2D eigenvalue weighted by atomic mass is 16.5. The molecule has 0 radical (unpaired) electrons. The number of fused-ring (bicyclic) bond motifs is 1. The molecule has 0 aromatic heterocycles. The number of aryl methyl sites for hydroxylation is 1. The SMILES string of the molecule is Cc1ccc(OCC(=O)N(c2ccccc2)C(C)C)c2c1[C@H](C)CC2=O. The second-order valence-electron chi connectivity index (χ2n) is 7.18. The van der Waals surface area contributed by atoms with Crippen LogP contribution in [-0.4, -0.2) is 24.3 Å². The van der Waals surface area contributed by atoms with E-state index in [1.54, 1.807) is 11.0 Å². The summed E-state index contributed by atoms with van der Waals surface area (Å²) in [5.41, 5.74) is 3.66. The topological polar surface area (TPSA) is 46.6 Å². The molecule has 1 atom stereocenters. The van der Waals surface area contributed by atoms with E-state index in [1.807, 2.05) is 57.2 Å². The highest BCUT2D eigenvalue weighted by Gasteiger charge is 2.31. The maximum Gasteiger partial charge on any atom is 0.265 e. The molecular weight excluding hydrogens is 326 g/mol. The van der Waals surface area contributed by atoms with Crippen LogP contribution < -0.4 is 9.64 Å². The summed E-state index contributed by atoms with van der Waals surface area (Å²) in [7, 11) is 0. The van der Waals surface area contributed by atoms with E-state index in [0.29, 0.717) is 17.7 Å². The number of anilines is 1. The van der Waals surface area contributed by atoms with Gasteiger partial charge >= 0.3 is 0 Å². The molecular formula is C22H25NO3. The van der Waals surface area contributed by atoms with Crippen LogP contribution in [0, 0.1) is 6.92 Å². The number of hydrogen-bond acceptors (Lipinski definition) is 3. The molecule has 1 aliphatic rings. The lowest BCUT2D eigenvalue weighted by Crippen LogP contribution is -2.40. The van der Waals surface area contributed by atoms with Crippen molar-refractivity contribution >= 4 is 17.4 Å². The monoisotopic (exact) mass is 351 g/mol. The minimum Gasteiger partial charge on any atom is -0.483 e. The molecule has 2 aromatic carbocycles. The van der Waals surface area contributed by atoms with Crippen molar-refractivity contribution in [2.24, 2.45) is 0 Å². The zero-order valence-corrected chi connectivity index (χ0v) is 15.8. The van der Waals surface area contributed by atoms with E-state index in [1.165, 1.54) is 0 Å².